The molecule has 1 N–H and O–H groups in total. The van der Waals surface area contributed by atoms with Gasteiger partial charge in [-0.2, -0.15) is 0 Å². The van der Waals surface area contributed by atoms with Gasteiger partial charge in [0.15, 0.2) is 28.9 Å². The van der Waals surface area contributed by atoms with Gasteiger partial charge in [-0.25, -0.2) is 19.2 Å². The highest BCUT2D eigenvalue weighted by atomic mass is 19.1. The van der Waals surface area contributed by atoms with Crippen molar-refractivity contribution in [1.82, 2.24) is 9.97 Å². The minimum Gasteiger partial charge on any atom is -0.488 e. The molecule has 9 nitrogen and oxygen atoms in total. The van der Waals surface area contributed by atoms with Crippen LogP contribution in [-0.2, 0) is 4.74 Å². The maximum Gasteiger partial charge on any atom is 0.417 e. The number of nitrogens with one attached hydrogen (secondary N) is 1. The number of morpholine rings is 1. The minimum absolute atomic E-state index is 0.0687. The summed E-state index contributed by atoms with van der Waals surface area (Å²) in [5.74, 6) is 0.249. The number of benzene rings is 2. The third kappa shape index (κ3) is 5.72. The first-order valence-corrected chi connectivity index (χ1v) is 11.2. The Morgan fingerprint density at radius 2 is 1.86 bits per heavy atom. The van der Waals surface area contributed by atoms with Crippen molar-refractivity contribution in [1.29, 1.82) is 0 Å². The first-order valence-electron chi connectivity index (χ1n) is 11.2. The van der Waals surface area contributed by atoms with Gasteiger partial charge in [0, 0.05) is 25.6 Å². The van der Waals surface area contributed by atoms with Crippen molar-refractivity contribution >= 4 is 23.4 Å². The first-order chi connectivity index (χ1) is 17.0. The lowest BCUT2D eigenvalue weighted by Crippen LogP contribution is -2.37. The van der Waals surface area contributed by atoms with E-state index in [0.717, 1.165) is 0 Å². The maximum atomic E-state index is 14.9. The zero-order valence-corrected chi connectivity index (χ0v) is 19.4. The van der Waals surface area contributed by atoms with E-state index in [9.17, 15) is 14.0 Å². The summed E-state index contributed by atoms with van der Waals surface area (Å²) in [6.07, 6.45) is -0.825. The van der Waals surface area contributed by atoms with Crippen LogP contribution in [0, 0.1) is 5.82 Å². The predicted octanol–water partition coefficient (Wildman–Crippen LogP) is 4.33. The Morgan fingerprint density at radius 1 is 1.11 bits per heavy atom. The highest BCUT2D eigenvalue weighted by Gasteiger charge is 2.25. The van der Waals surface area contributed by atoms with Gasteiger partial charge in [0.05, 0.1) is 25.5 Å². The van der Waals surface area contributed by atoms with E-state index in [0.29, 0.717) is 55.8 Å². The van der Waals surface area contributed by atoms with Crippen LogP contribution in [0.25, 0.3) is 11.4 Å². The number of hydrogen-bond donors (Lipinski definition) is 1. The van der Waals surface area contributed by atoms with E-state index in [2.05, 4.69) is 15.3 Å². The number of anilines is 2. The third-order valence-corrected chi connectivity index (χ3v) is 5.20. The van der Waals surface area contributed by atoms with Gasteiger partial charge in [0.2, 0.25) is 0 Å². The molecule has 1 fully saturated rings. The van der Waals surface area contributed by atoms with Crippen LogP contribution in [0.2, 0.25) is 0 Å². The predicted molar refractivity (Wildman–Crippen MR) is 128 cm³/mol. The Labute approximate surface area is 201 Å². The Kier molecular flexibility index (Phi) is 7.51. The molecule has 1 aliphatic heterocycles. The summed E-state index contributed by atoms with van der Waals surface area (Å²) < 4.78 is 31.2. The maximum absolute atomic E-state index is 14.9. The fourth-order valence-electron chi connectivity index (χ4n) is 3.56. The van der Waals surface area contributed by atoms with Crippen molar-refractivity contribution in [3.05, 3.63) is 60.0 Å². The van der Waals surface area contributed by atoms with Gasteiger partial charge < -0.3 is 19.1 Å². The Morgan fingerprint density at radius 3 is 2.51 bits per heavy atom. The Balaban J connectivity index is 1.64. The van der Waals surface area contributed by atoms with Crippen molar-refractivity contribution in [3.8, 4) is 22.9 Å². The van der Waals surface area contributed by atoms with Gasteiger partial charge in [0.1, 0.15) is 11.6 Å². The number of halogens is 1. The number of hydrogen-bond acceptors (Lipinski definition) is 8. The van der Waals surface area contributed by atoms with Crippen molar-refractivity contribution in [3.63, 3.8) is 0 Å². The molecule has 0 spiro atoms. The molecule has 2 aromatic carbocycles. The molecule has 0 aliphatic carbocycles. The first kappa shape index (κ1) is 24.1. The van der Waals surface area contributed by atoms with Crippen LogP contribution in [0.15, 0.2) is 48.5 Å². The molecule has 1 aliphatic rings. The summed E-state index contributed by atoms with van der Waals surface area (Å²) in [5.41, 5.74) is 0.387. The number of nitrogens with zero attached hydrogens (tertiary/aromatic N) is 3. The summed E-state index contributed by atoms with van der Waals surface area (Å²) >= 11 is 0. The van der Waals surface area contributed by atoms with Gasteiger partial charge in [-0.05, 0) is 37.3 Å². The lowest BCUT2D eigenvalue weighted by Gasteiger charge is -2.29. The van der Waals surface area contributed by atoms with Crippen molar-refractivity contribution in [2.45, 2.75) is 13.8 Å². The molecule has 182 valence electrons. The Hall–Kier alpha value is -4.05. The smallest absolute Gasteiger partial charge is 0.417 e. The molecule has 1 aromatic heterocycles. The number of ketones is 1. The number of para-hydroxylation sites is 1. The van der Waals surface area contributed by atoms with E-state index < -0.39 is 11.9 Å². The van der Waals surface area contributed by atoms with Crippen molar-refractivity contribution < 1.29 is 28.2 Å². The number of carbonyl (C=O) groups is 2. The summed E-state index contributed by atoms with van der Waals surface area (Å²) in [6.45, 7) is 5.68. The van der Waals surface area contributed by atoms with Gasteiger partial charge in [0.25, 0.3) is 0 Å². The highest BCUT2D eigenvalue weighted by molar-refractivity contribution is 5.97. The molecule has 0 atom stereocenters. The molecule has 0 bridgehead atoms. The van der Waals surface area contributed by atoms with E-state index in [-0.39, 0.29) is 23.0 Å². The lowest BCUT2D eigenvalue weighted by atomic mass is 10.1. The topological polar surface area (TPSA) is 103 Å². The normalized spacial score (nSPS) is 13.3. The quantitative estimate of drug-likeness (QED) is 0.499. The second kappa shape index (κ2) is 10.9. The monoisotopic (exact) mass is 480 g/mol. The van der Waals surface area contributed by atoms with Crippen molar-refractivity contribution in [2.24, 2.45) is 0 Å². The van der Waals surface area contributed by atoms with Crippen LogP contribution in [-0.4, -0.2) is 54.8 Å². The van der Waals surface area contributed by atoms with E-state index >= 15 is 0 Å². The number of Topliss-reactive ketones (excluding diaryl/α,β-unsaturated/α-hetero) is 1. The molecule has 35 heavy (non-hydrogen) atoms. The fourth-order valence-corrected chi connectivity index (χ4v) is 3.56. The lowest BCUT2D eigenvalue weighted by molar-refractivity contribution is 0.100. The zero-order chi connectivity index (χ0) is 24.8. The summed E-state index contributed by atoms with van der Waals surface area (Å²) in [5, 5.41) is 2.38. The van der Waals surface area contributed by atoms with E-state index in [1.165, 1.54) is 19.1 Å². The van der Waals surface area contributed by atoms with Crippen LogP contribution in [0.4, 0.5) is 20.7 Å². The van der Waals surface area contributed by atoms with Gasteiger partial charge in [-0.15, -0.1) is 0 Å². The van der Waals surface area contributed by atoms with Crippen molar-refractivity contribution in [2.75, 3.05) is 43.1 Å². The molecule has 1 saturated heterocycles. The van der Waals surface area contributed by atoms with Crippen LogP contribution >= 0.6 is 0 Å². The molecule has 10 heteroatoms. The molecular formula is C25H25FN4O5. The number of carbonyl (C=O) groups excluding carboxylic acids is 2. The van der Waals surface area contributed by atoms with Gasteiger partial charge in [-0.3, -0.25) is 10.1 Å². The van der Waals surface area contributed by atoms with Crippen LogP contribution in [0.3, 0.4) is 0 Å². The van der Waals surface area contributed by atoms with Crippen LogP contribution < -0.4 is 19.7 Å². The summed E-state index contributed by atoms with van der Waals surface area (Å²) in [7, 11) is 0. The average molecular weight is 480 g/mol. The number of ether oxygens (including phenoxy) is 3. The SMILES string of the molecule is CCOc1c(C(C)=O)nc(-c2ccc(NC(=O)Oc3ccccc3)c(F)c2)nc1N1CCOCC1. The van der Waals surface area contributed by atoms with Gasteiger partial charge >= 0.3 is 6.09 Å². The van der Waals surface area contributed by atoms with E-state index in [1.807, 2.05) is 11.8 Å². The number of aromatic nitrogens is 2. The molecule has 0 saturated carbocycles. The highest BCUT2D eigenvalue weighted by Crippen LogP contribution is 2.34. The molecule has 2 heterocycles. The molecule has 0 unspecified atom stereocenters. The van der Waals surface area contributed by atoms with Crippen LogP contribution in [0.1, 0.15) is 24.3 Å². The number of rotatable bonds is 7. The third-order valence-electron chi connectivity index (χ3n) is 5.20. The molecule has 3 aromatic rings. The molecular weight excluding hydrogens is 455 g/mol. The molecule has 1 amide bonds. The second-order valence-corrected chi connectivity index (χ2v) is 7.66. The second-order valence-electron chi connectivity index (χ2n) is 7.66. The van der Waals surface area contributed by atoms with Crippen LogP contribution in [0.5, 0.6) is 11.5 Å². The summed E-state index contributed by atoms with van der Waals surface area (Å²) in [4.78, 5) is 35.5. The zero-order valence-electron chi connectivity index (χ0n) is 19.4. The number of amides is 1. The molecule has 0 radical (unpaired) electrons. The Bertz CT molecular complexity index is 1220. The fraction of sp³-hybridized carbons (Fsp3) is 0.280. The minimum atomic E-state index is -0.825. The average Bonchev–Trinajstić information content (AvgIpc) is 2.86. The molecule has 4 rings (SSSR count). The summed E-state index contributed by atoms with van der Waals surface area (Å²) in [6, 6.07) is 12.6. The largest absolute Gasteiger partial charge is 0.488 e. The van der Waals surface area contributed by atoms with Gasteiger partial charge in [-0.1, -0.05) is 18.2 Å². The standard InChI is InChI=1S/C25H25FN4O5/c1-3-34-22-21(16(2)31)28-23(29-24(22)30-11-13-33-14-12-30)17-9-10-20(19(26)15-17)27-25(32)35-18-7-5-4-6-8-18/h4-10,15H,3,11-14H2,1-2H3,(H,27,32). The van der Waals surface area contributed by atoms with E-state index in [1.54, 1.807) is 36.4 Å². The van der Waals surface area contributed by atoms with E-state index in [4.69, 9.17) is 14.2 Å².